The predicted molar refractivity (Wildman–Crippen MR) is 49.7 cm³/mol. The molecule has 1 aromatic heterocycles. The summed E-state index contributed by atoms with van der Waals surface area (Å²) in [5.41, 5.74) is -1.99. The molecular weight excluding hydrogens is 237 g/mol. The number of nitrogens with zero attached hydrogens (tertiary/aromatic N) is 2. The molecule has 1 rings (SSSR count). The third-order valence-electron chi connectivity index (χ3n) is 1.99. The summed E-state index contributed by atoms with van der Waals surface area (Å²) < 4.78 is 41.9. The molecule has 7 heteroatoms. The van der Waals surface area contributed by atoms with Crippen LogP contribution in [0.4, 0.5) is 13.2 Å². The summed E-state index contributed by atoms with van der Waals surface area (Å²) in [7, 11) is 1.10. The highest BCUT2D eigenvalue weighted by Gasteiger charge is 2.35. The minimum Gasteiger partial charge on any atom is -0.469 e. The van der Waals surface area contributed by atoms with Crippen molar-refractivity contribution in [2.24, 2.45) is 0 Å². The van der Waals surface area contributed by atoms with E-state index in [2.05, 4.69) is 9.72 Å². The number of halogens is 3. The van der Waals surface area contributed by atoms with Gasteiger partial charge in [-0.3, -0.25) is 9.78 Å². The molecular formula is C10H7F3N2O2. The lowest BCUT2D eigenvalue weighted by Crippen LogP contribution is -2.14. The fourth-order valence-electron chi connectivity index (χ4n) is 1.21. The number of carbonyl (C=O) groups excluding carboxylic acids is 1. The van der Waals surface area contributed by atoms with E-state index in [1.165, 1.54) is 6.07 Å². The fraction of sp³-hybridized carbons (Fsp3) is 0.300. The third kappa shape index (κ3) is 2.93. The Morgan fingerprint density at radius 2 is 2.24 bits per heavy atom. The normalized spacial score (nSPS) is 10.8. The van der Waals surface area contributed by atoms with Crippen molar-refractivity contribution >= 4 is 5.97 Å². The molecule has 0 aliphatic carbocycles. The number of pyridine rings is 1. The summed E-state index contributed by atoms with van der Waals surface area (Å²) in [4.78, 5) is 14.5. The number of hydrogen-bond acceptors (Lipinski definition) is 4. The number of hydrogen-bond donors (Lipinski definition) is 0. The molecule has 1 aromatic rings. The number of carbonyl (C=O) groups is 1. The molecule has 0 atom stereocenters. The van der Waals surface area contributed by atoms with Gasteiger partial charge in [-0.2, -0.15) is 18.4 Å². The van der Waals surface area contributed by atoms with Crippen molar-refractivity contribution in [3.8, 4) is 6.07 Å². The highest BCUT2D eigenvalue weighted by Crippen LogP contribution is 2.32. The summed E-state index contributed by atoms with van der Waals surface area (Å²) >= 11 is 0. The second-order valence-corrected chi connectivity index (χ2v) is 3.04. The first-order chi connectivity index (χ1) is 7.90. The van der Waals surface area contributed by atoms with Gasteiger partial charge in [-0.05, 0) is 6.07 Å². The molecule has 17 heavy (non-hydrogen) atoms. The SMILES string of the molecule is COC(=O)Cc1nccc(C(F)(F)F)c1C#N. The van der Waals surface area contributed by atoms with Crippen LogP contribution in [0.15, 0.2) is 12.3 Å². The number of ether oxygens (including phenoxy) is 1. The Morgan fingerprint density at radius 3 is 2.71 bits per heavy atom. The molecule has 0 fully saturated rings. The Morgan fingerprint density at radius 1 is 1.59 bits per heavy atom. The molecule has 0 unspecified atom stereocenters. The van der Waals surface area contributed by atoms with E-state index in [1.807, 2.05) is 0 Å². The molecule has 0 spiro atoms. The molecule has 0 saturated heterocycles. The summed E-state index contributed by atoms with van der Waals surface area (Å²) in [6, 6.07) is 2.10. The fourth-order valence-corrected chi connectivity index (χ4v) is 1.21. The third-order valence-corrected chi connectivity index (χ3v) is 1.99. The predicted octanol–water partition coefficient (Wildman–Crippen LogP) is 1.69. The number of alkyl halides is 3. The second-order valence-electron chi connectivity index (χ2n) is 3.04. The van der Waals surface area contributed by atoms with Crippen LogP contribution in [0.2, 0.25) is 0 Å². The van der Waals surface area contributed by atoms with E-state index >= 15 is 0 Å². The van der Waals surface area contributed by atoms with Crippen LogP contribution in [0, 0.1) is 11.3 Å². The van der Waals surface area contributed by atoms with Crippen LogP contribution in [-0.4, -0.2) is 18.1 Å². The lowest BCUT2D eigenvalue weighted by Gasteiger charge is -2.10. The smallest absolute Gasteiger partial charge is 0.417 e. The molecule has 0 N–H and O–H groups in total. The van der Waals surface area contributed by atoms with Gasteiger partial charge in [-0.15, -0.1) is 0 Å². The lowest BCUT2D eigenvalue weighted by atomic mass is 10.1. The van der Waals surface area contributed by atoms with Crippen LogP contribution in [0.3, 0.4) is 0 Å². The summed E-state index contributed by atoms with van der Waals surface area (Å²) in [5, 5.41) is 8.71. The molecule has 0 radical (unpaired) electrons. The van der Waals surface area contributed by atoms with Crippen molar-refractivity contribution in [3.63, 3.8) is 0 Å². The van der Waals surface area contributed by atoms with Crippen LogP contribution >= 0.6 is 0 Å². The van der Waals surface area contributed by atoms with E-state index < -0.39 is 29.7 Å². The molecule has 0 bridgehead atoms. The van der Waals surface area contributed by atoms with Gasteiger partial charge in [0.1, 0.15) is 6.07 Å². The van der Waals surface area contributed by atoms with E-state index in [4.69, 9.17) is 5.26 Å². The average Bonchev–Trinajstić information content (AvgIpc) is 2.27. The first-order valence-corrected chi connectivity index (χ1v) is 4.42. The summed E-state index contributed by atoms with van der Waals surface area (Å²) in [6.45, 7) is 0. The zero-order valence-corrected chi connectivity index (χ0v) is 8.71. The van der Waals surface area contributed by atoms with E-state index in [9.17, 15) is 18.0 Å². The Kier molecular flexibility index (Phi) is 3.68. The Hall–Kier alpha value is -2.10. The lowest BCUT2D eigenvalue weighted by molar-refractivity contribution is -0.141. The molecule has 0 saturated carbocycles. The number of aromatic nitrogens is 1. The molecule has 0 aliphatic heterocycles. The highest BCUT2D eigenvalue weighted by molar-refractivity contribution is 5.73. The van der Waals surface area contributed by atoms with Crippen molar-refractivity contribution in [2.75, 3.05) is 7.11 Å². The Labute approximate surface area is 94.6 Å². The van der Waals surface area contributed by atoms with E-state index in [0.717, 1.165) is 13.3 Å². The van der Waals surface area contributed by atoms with E-state index in [0.29, 0.717) is 6.07 Å². The van der Waals surface area contributed by atoms with Gasteiger partial charge in [0.15, 0.2) is 0 Å². The standard InChI is InChI=1S/C10H7F3N2O2/c1-17-9(16)4-8-6(5-14)7(2-3-15-8)10(11,12)13/h2-3H,4H2,1H3. The van der Waals surface area contributed by atoms with Gasteiger partial charge >= 0.3 is 12.1 Å². The number of esters is 1. The molecule has 0 aromatic carbocycles. The van der Waals surface area contributed by atoms with Crippen LogP contribution < -0.4 is 0 Å². The van der Waals surface area contributed by atoms with Crippen molar-refractivity contribution < 1.29 is 22.7 Å². The second kappa shape index (κ2) is 4.82. The minimum absolute atomic E-state index is 0.242. The van der Waals surface area contributed by atoms with Crippen molar-refractivity contribution in [1.82, 2.24) is 4.98 Å². The zero-order chi connectivity index (χ0) is 13.1. The maximum Gasteiger partial charge on any atom is 0.417 e. The first-order valence-electron chi connectivity index (χ1n) is 4.42. The maximum absolute atomic E-state index is 12.5. The minimum atomic E-state index is -4.65. The van der Waals surface area contributed by atoms with Gasteiger partial charge in [0.05, 0.1) is 30.4 Å². The molecule has 0 amide bonds. The van der Waals surface area contributed by atoms with Crippen molar-refractivity contribution in [3.05, 3.63) is 29.1 Å². The first kappa shape index (κ1) is 13.0. The van der Waals surface area contributed by atoms with Gasteiger partial charge in [0.2, 0.25) is 0 Å². The summed E-state index contributed by atoms with van der Waals surface area (Å²) in [5.74, 6) is -0.756. The topological polar surface area (TPSA) is 63.0 Å². The highest BCUT2D eigenvalue weighted by atomic mass is 19.4. The monoisotopic (exact) mass is 244 g/mol. The Bertz CT molecular complexity index is 477. The number of methoxy groups -OCH3 is 1. The average molecular weight is 244 g/mol. The zero-order valence-electron chi connectivity index (χ0n) is 8.71. The van der Waals surface area contributed by atoms with Gasteiger partial charge in [-0.25, -0.2) is 0 Å². The van der Waals surface area contributed by atoms with Crippen LogP contribution in [0.1, 0.15) is 16.8 Å². The largest absolute Gasteiger partial charge is 0.469 e. The number of rotatable bonds is 2. The Balaban J connectivity index is 3.26. The molecule has 90 valence electrons. The van der Waals surface area contributed by atoms with Crippen molar-refractivity contribution in [2.45, 2.75) is 12.6 Å². The molecule has 1 heterocycles. The van der Waals surface area contributed by atoms with Gasteiger partial charge in [0.25, 0.3) is 0 Å². The van der Waals surface area contributed by atoms with Crippen LogP contribution in [-0.2, 0) is 22.1 Å². The number of nitriles is 1. The van der Waals surface area contributed by atoms with Gasteiger partial charge in [-0.1, -0.05) is 0 Å². The van der Waals surface area contributed by atoms with Crippen LogP contribution in [0.5, 0.6) is 0 Å². The molecule has 4 nitrogen and oxygen atoms in total. The van der Waals surface area contributed by atoms with E-state index in [-0.39, 0.29) is 5.69 Å². The molecule has 0 aliphatic rings. The van der Waals surface area contributed by atoms with Crippen molar-refractivity contribution in [1.29, 1.82) is 5.26 Å². The quantitative estimate of drug-likeness (QED) is 0.742. The van der Waals surface area contributed by atoms with Gasteiger partial charge in [0, 0.05) is 6.20 Å². The van der Waals surface area contributed by atoms with Crippen LogP contribution in [0.25, 0.3) is 0 Å². The summed E-state index contributed by atoms with van der Waals surface area (Å²) in [6.07, 6.45) is -4.22. The van der Waals surface area contributed by atoms with E-state index in [1.54, 1.807) is 0 Å². The van der Waals surface area contributed by atoms with Gasteiger partial charge < -0.3 is 4.74 Å². The maximum atomic E-state index is 12.5.